The number of carbonyl (C=O) groups is 1. The summed E-state index contributed by atoms with van der Waals surface area (Å²) in [4.78, 5) is 11.3. The number of ketones is 1. The lowest BCUT2D eigenvalue weighted by atomic mass is 9.77. The lowest BCUT2D eigenvalue weighted by Crippen LogP contribution is -2.29. The van der Waals surface area contributed by atoms with E-state index < -0.39 is 18.5 Å². The number of rotatable bonds is 3. The molecular formula is C11H17F3O. The van der Waals surface area contributed by atoms with E-state index in [1.807, 2.05) is 6.92 Å². The van der Waals surface area contributed by atoms with Crippen molar-refractivity contribution >= 4 is 5.78 Å². The molecule has 1 rings (SSSR count). The quantitative estimate of drug-likeness (QED) is 0.711. The van der Waals surface area contributed by atoms with Gasteiger partial charge in [0.2, 0.25) is 0 Å². The molecule has 0 heterocycles. The minimum atomic E-state index is -4.20. The molecule has 0 N–H and O–H groups in total. The fourth-order valence-electron chi connectivity index (χ4n) is 2.35. The first kappa shape index (κ1) is 12.5. The largest absolute Gasteiger partial charge is 0.389 e. The van der Waals surface area contributed by atoms with Crippen LogP contribution >= 0.6 is 0 Å². The molecule has 0 aromatic rings. The van der Waals surface area contributed by atoms with Gasteiger partial charge in [-0.3, -0.25) is 4.79 Å². The number of halogens is 3. The summed E-state index contributed by atoms with van der Waals surface area (Å²) in [5, 5.41) is 0. The number of hydrogen-bond donors (Lipinski definition) is 0. The van der Waals surface area contributed by atoms with Crippen LogP contribution in [0.25, 0.3) is 0 Å². The summed E-state index contributed by atoms with van der Waals surface area (Å²) >= 11 is 0. The van der Waals surface area contributed by atoms with E-state index in [2.05, 4.69) is 0 Å². The minimum absolute atomic E-state index is 0.195. The molecule has 0 spiro atoms. The minimum Gasteiger partial charge on any atom is -0.299 e. The standard InChI is InChI=1S/C11H17F3O/c1-2-3-8-4-5-10(15)9(6-8)7-11(12,13)14/h8-9H,2-7H2,1H3. The molecule has 2 atom stereocenters. The average molecular weight is 222 g/mol. The van der Waals surface area contributed by atoms with Crippen LogP contribution in [0.4, 0.5) is 13.2 Å². The van der Waals surface area contributed by atoms with Crippen LogP contribution in [-0.2, 0) is 4.79 Å². The zero-order valence-corrected chi connectivity index (χ0v) is 8.94. The van der Waals surface area contributed by atoms with Crippen LogP contribution in [0.15, 0.2) is 0 Å². The Morgan fingerprint density at radius 2 is 2.07 bits per heavy atom. The second kappa shape index (κ2) is 4.99. The molecule has 0 saturated heterocycles. The zero-order valence-electron chi connectivity index (χ0n) is 8.94. The molecule has 1 saturated carbocycles. The van der Waals surface area contributed by atoms with Gasteiger partial charge in [-0.15, -0.1) is 0 Å². The Kier molecular flexibility index (Phi) is 4.17. The number of hydrogen-bond acceptors (Lipinski definition) is 1. The Balaban J connectivity index is 2.50. The Morgan fingerprint density at radius 3 is 2.60 bits per heavy atom. The highest BCUT2D eigenvalue weighted by Gasteiger charge is 2.38. The highest BCUT2D eigenvalue weighted by Crippen LogP contribution is 2.36. The van der Waals surface area contributed by atoms with E-state index >= 15 is 0 Å². The van der Waals surface area contributed by atoms with Gasteiger partial charge < -0.3 is 0 Å². The summed E-state index contributed by atoms with van der Waals surface area (Å²) < 4.78 is 36.5. The fraction of sp³-hybridized carbons (Fsp3) is 0.909. The molecule has 4 heteroatoms. The Bertz CT molecular complexity index is 222. The van der Waals surface area contributed by atoms with Crippen molar-refractivity contribution in [1.29, 1.82) is 0 Å². The highest BCUT2D eigenvalue weighted by molar-refractivity contribution is 5.81. The van der Waals surface area contributed by atoms with E-state index in [4.69, 9.17) is 0 Å². The summed E-state index contributed by atoms with van der Waals surface area (Å²) in [7, 11) is 0. The van der Waals surface area contributed by atoms with Crippen molar-refractivity contribution in [3.63, 3.8) is 0 Å². The summed E-state index contributed by atoms with van der Waals surface area (Å²) in [5.41, 5.74) is 0. The van der Waals surface area contributed by atoms with Gasteiger partial charge in [0.05, 0.1) is 6.42 Å². The van der Waals surface area contributed by atoms with E-state index in [9.17, 15) is 18.0 Å². The third kappa shape index (κ3) is 4.22. The predicted octanol–water partition coefficient (Wildman–Crippen LogP) is 3.72. The summed E-state index contributed by atoms with van der Waals surface area (Å²) in [5.74, 6) is -0.643. The van der Waals surface area contributed by atoms with Crippen molar-refractivity contribution in [2.75, 3.05) is 0 Å². The van der Waals surface area contributed by atoms with Crippen molar-refractivity contribution in [2.45, 2.75) is 51.6 Å². The molecule has 0 radical (unpaired) electrons. The average Bonchev–Trinajstić information content (AvgIpc) is 2.09. The van der Waals surface area contributed by atoms with Crippen LogP contribution in [0.1, 0.15) is 45.4 Å². The van der Waals surface area contributed by atoms with Crippen LogP contribution in [0.3, 0.4) is 0 Å². The van der Waals surface area contributed by atoms with Gasteiger partial charge in [0.1, 0.15) is 5.78 Å². The second-order valence-electron chi connectivity index (χ2n) is 4.41. The molecule has 0 amide bonds. The van der Waals surface area contributed by atoms with E-state index in [0.717, 1.165) is 19.3 Å². The zero-order chi connectivity index (χ0) is 11.5. The van der Waals surface area contributed by atoms with Gasteiger partial charge in [-0.25, -0.2) is 0 Å². The Morgan fingerprint density at radius 1 is 1.40 bits per heavy atom. The third-order valence-corrected chi connectivity index (χ3v) is 3.05. The smallest absolute Gasteiger partial charge is 0.299 e. The predicted molar refractivity (Wildman–Crippen MR) is 51.4 cm³/mol. The van der Waals surface area contributed by atoms with Crippen LogP contribution in [-0.4, -0.2) is 12.0 Å². The first-order valence-corrected chi connectivity index (χ1v) is 5.52. The molecule has 0 aromatic heterocycles. The first-order chi connectivity index (χ1) is 6.92. The van der Waals surface area contributed by atoms with E-state index in [0.29, 0.717) is 18.8 Å². The molecule has 0 aromatic carbocycles. The molecule has 88 valence electrons. The molecule has 1 fully saturated rings. The summed E-state index contributed by atoms with van der Waals surface area (Å²) in [6.07, 6.45) is -1.64. The second-order valence-corrected chi connectivity index (χ2v) is 4.41. The van der Waals surface area contributed by atoms with Crippen LogP contribution in [0, 0.1) is 11.8 Å². The maximum atomic E-state index is 12.2. The molecular weight excluding hydrogens is 205 g/mol. The highest BCUT2D eigenvalue weighted by atomic mass is 19.4. The molecule has 1 aliphatic rings. The summed E-state index contributed by atoms with van der Waals surface area (Å²) in [6.45, 7) is 2.02. The SMILES string of the molecule is CCCC1CCC(=O)C(CC(F)(F)F)C1. The third-order valence-electron chi connectivity index (χ3n) is 3.05. The number of Topliss-reactive ketones (excluding diaryl/α,β-unsaturated/α-hetero) is 1. The van der Waals surface area contributed by atoms with E-state index in [-0.39, 0.29) is 5.78 Å². The van der Waals surface area contributed by atoms with Gasteiger partial charge in [0.25, 0.3) is 0 Å². The molecule has 2 unspecified atom stereocenters. The van der Waals surface area contributed by atoms with E-state index in [1.54, 1.807) is 0 Å². The number of carbonyl (C=O) groups excluding carboxylic acids is 1. The van der Waals surface area contributed by atoms with Gasteiger partial charge in [0, 0.05) is 12.3 Å². The van der Waals surface area contributed by atoms with Gasteiger partial charge in [-0.05, 0) is 18.8 Å². The van der Waals surface area contributed by atoms with Crippen LogP contribution < -0.4 is 0 Å². The normalized spacial score (nSPS) is 28.1. The first-order valence-electron chi connectivity index (χ1n) is 5.52. The molecule has 0 aliphatic heterocycles. The van der Waals surface area contributed by atoms with Crippen molar-refractivity contribution in [1.82, 2.24) is 0 Å². The molecule has 1 aliphatic carbocycles. The van der Waals surface area contributed by atoms with Crippen molar-refractivity contribution < 1.29 is 18.0 Å². The van der Waals surface area contributed by atoms with Gasteiger partial charge in [-0.1, -0.05) is 19.8 Å². The Labute approximate surface area is 88.0 Å². The monoisotopic (exact) mass is 222 g/mol. The van der Waals surface area contributed by atoms with Crippen LogP contribution in [0.2, 0.25) is 0 Å². The van der Waals surface area contributed by atoms with Gasteiger partial charge >= 0.3 is 6.18 Å². The molecule has 15 heavy (non-hydrogen) atoms. The lowest BCUT2D eigenvalue weighted by Gasteiger charge is -2.28. The van der Waals surface area contributed by atoms with Crippen LogP contribution in [0.5, 0.6) is 0 Å². The fourth-order valence-corrected chi connectivity index (χ4v) is 2.35. The molecule has 0 bridgehead atoms. The maximum Gasteiger partial charge on any atom is 0.389 e. The van der Waals surface area contributed by atoms with Crippen molar-refractivity contribution in [2.24, 2.45) is 11.8 Å². The topological polar surface area (TPSA) is 17.1 Å². The van der Waals surface area contributed by atoms with Gasteiger partial charge in [-0.2, -0.15) is 13.2 Å². The lowest BCUT2D eigenvalue weighted by molar-refractivity contribution is -0.156. The van der Waals surface area contributed by atoms with Gasteiger partial charge in [0.15, 0.2) is 0 Å². The van der Waals surface area contributed by atoms with Crippen molar-refractivity contribution in [3.8, 4) is 0 Å². The Hall–Kier alpha value is -0.540. The number of alkyl halides is 3. The maximum absolute atomic E-state index is 12.2. The molecule has 1 nitrogen and oxygen atoms in total. The summed E-state index contributed by atoms with van der Waals surface area (Å²) in [6, 6.07) is 0. The van der Waals surface area contributed by atoms with E-state index in [1.165, 1.54) is 0 Å². The van der Waals surface area contributed by atoms with Crippen molar-refractivity contribution in [3.05, 3.63) is 0 Å².